The Balaban J connectivity index is 1.53. The van der Waals surface area contributed by atoms with E-state index in [0.29, 0.717) is 37.8 Å². The minimum atomic E-state index is -1.55. The van der Waals surface area contributed by atoms with Crippen LogP contribution in [-0.2, 0) is 34.0 Å². The van der Waals surface area contributed by atoms with Gasteiger partial charge in [-0.05, 0) is 96.5 Å². The molecule has 1 aliphatic carbocycles. The van der Waals surface area contributed by atoms with E-state index in [1.165, 1.54) is 12.1 Å². The molecule has 4 aliphatic heterocycles. The first-order valence-electron chi connectivity index (χ1n) is 20.3. The summed E-state index contributed by atoms with van der Waals surface area (Å²) in [5.41, 5.74) is -2.88. The van der Waals surface area contributed by atoms with Crippen LogP contribution in [-0.4, -0.2) is 149 Å². The van der Waals surface area contributed by atoms with Crippen molar-refractivity contribution in [3.8, 4) is 0 Å². The molecule has 0 radical (unpaired) electrons. The van der Waals surface area contributed by atoms with E-state index >= 15 is 0 Å². The summed E-state index contributed by atoms with van der Waals surface area (Å²) in [7, 11) is 7.17. The molecule has 5 aliphatic rings. The molecule has 2 bridgehead atoms. The average molecular weight is 776 g/mol. The number of piperidine rings is 2. The Labute approximate surface area is 326 Å². The van der Waals surface area contributed by atoms with Gasteiger partial charge in [-0.2, -0.15) is 0 Å². The van der Waals surface area contributed by atoms with Crippen LogP contribution >= 0.6 is 0 Å². The Morgan fingerprint density at radius 3 is 2.29 bits per heavy atom. The summed E-state index contributed by atoms with van der Waals surface area (Å²) in [5, 5.41) is 35.8. The number of amides is 2. The van der Waals surface area contributed by atoms with Crippen LogP contribution in [0.25, 0.3) is 0 Å². The number of hydrogen-bond acceptors (Lipinski definition) is 10. The van der Waals surface area contributed by atoms with Crippen LogP contribution in [0.3, 0.4) is 0 Å². The first kappa shape index (κ1) is 42.4. The van der Waals surface area contributed by atoms with Crippen LogP contribution in [0.1, 0.15) is 85.6 Å². The zero-order chi connectivity index (χ0) is 40.4. The quantitative estimate of drug-likeness (QED) is 0.378. The highest BCUT2D eigenvalue weighted by Crippen LogP contribution is 2.51. The van der Waals surface area contributed by atoms with Crippen molar-refractivity contribution in [3.63, 3.8) is 0 Å². The van der Waals surface area contributed by atoms with Crippen molar-refractivity contribution >= 4 is 11.8 Å². The number of nitrogens with zero attached hydrogens (tertiary/aromatic N) is 3. The molecular formula is C42H66FN3O9. The highest BCUT2D eigenvalue weighted by atomic mass is 19.1. The molecule has 0 spiro atoms. The number of ether oxygens (including phenoxy) is 4. The fourth-order valence-corrected chi connectivity index (χ4v) is 11.1. The first-order valence-corrected chi connectivity index (χ1v) is 20.3. The molecular weight excluding hydrogens is 709 g/mol. The first-order chi connectivity index (χ1) is 25.7. The van der Waals surface area contributed by atoms with Gasteiger partial charge in [-0.3, -0.25) is 9.59 Å². The molecule has 2 amide bonds. The summed E-state index contributed by atoms with van der Waals surface area (Å²) < 4.78 is 40.9. The lowest BCUT2D eigenvalue weighted by molar-refractivity contribution is -0.309. The van der Waals surface area contributed by atoms with Gasteiger partial charge in [-0.1, -0.05) is 32.9 Å². The minimum Gasteiger partial charge on any atom is -0.390 e. The van der Waals surface area contributed by atoms with Crippen LogP contribution in [0.4, 0.5) is 4.39 Å². The third-order valence-corrected chi connectivity index (χ3v) is 14.0. The lowest BCUT2D eigenvalue weighted by atomic mass is 9.62. The average Bonchev–Trinajstić information content (AvgIpc) is 3.12. The lowest BCUT2D eigenvalue weighted by Crippen LogP contribution is -2.70. The predicted molar refractivity (Wildman–Crippen MR) is 203 cm³/mol. The molecule has 1 aromatic rings. The smallest absolute Gasteiger partial charge is 0.233 e. The van der Waals surface area contributed by atoms with Gasteiger partial charge in [-0.25, -0.2) is 4.39 Å². The fraction of sp³-hybridized carbons (Fsp3) is 0.810. The summed E-state index contributed by atoms with van der Waals surface area (Å²) in [5.74, 6) is -2.36. The molecule has 4 saturated heterocycles. The third kappa shape index (κ3) is 7.86. The van der Waals surface area contributed by atoms with E-state index in [1.54, 1.807) is 38.1 Å². The van der Waals surface area contributed by atoms with Crippen molar-refractivity contribution in [2.75, 3.05) is 41.3 Å². The number of rotatable bonds is 7. The molecule has 2 unspecified atom stereocenters. The van der Waals surface area contributed by atoms with Crippen molar-refractivity contribution in [1.29, 1.82) is 0 Å². The van der Waals surface area contributed by atoms with Crippen molar-refractivity contribution < 1.29 is 48.2 Å². The van der Waals surface area contributed by atoms with Crippen LogP contribution in [0.5, 0.6) is 0 Å². The van der Waals surface area contributed by atoms with Gasteiger partial charge in [0.2, 0.25) is 11.8 Å². The molecule has 1 saturated carbocycles. The maximum atomic E-state index is 14.9. The van der Waals surface area contributed by atoms with E-state index in [0.717, 1.165) is 0 Å². The lowest BCUT2D eigenvalue weighted by Gasteiger charge is -2.58. The number of hydrogen-bond donors (Lipinski definition) is 3. The van der Waals surface area contributed by atoms with Gasteiger partial charge in [0.05, 0.1) is 53.1 Å². The summed E-state index contributed by atoms with van der Waals surface area (Å²) in [4.78, 5) is 35.1. The number of carbonyl (C=O) groups excluding carboxylic acids is 2. The summed E-state index contributed by atoms with van der Waals surface area (Å²) in [6.07, 6.45) is -3.11. The number of carbonyl (C=O) groups is 2. The monoisotopic (exact) mass is 775 g/mol. The van der Waals surface area contributed by atoms with Crippen LogP contribution in [0.15, 0.2) is 24.3 Å². The highest BCUT2D eigenvalue weighted by Gasteiger charge is 2.62. The molecule has 6 rings (SSSR count). The van der Waals surface area contributed by atoms with E-state index in [4.69, 9.17) is 18.9 Å². The van der Waals surface area contributed by atoms with E-state index in [1.807, 2.05) is 58.5 Å². The molecule has 4 heterocycles. The number of benzene rings is 1. The topological polar surface area (TPSA) is 141 Å². The van der Waals surface area contributed by atoms with Gasteiger partial charge in [0.15, 0.2) is 6.29 Å². The molecule has 0 aromatic heterocycles. The largest absolute Gasteiger partial charge is 0.390 e. The molecule has 55 heavy (non-hydrogen) atoms. The normalized spacial score (nSPS) is 45.8. The van der Waals surface area contributed by atoms with Crippen molar-refractivity contribution in [2.45, 2.75) is 152 Å². The van der Waals surface area contributed by atoms with E-state index < -0.39 is 77.1 Å². The van der Waals surface area contributed by atoms with Crippen molar-refractivity contribution in [1.82, 2.24) is 14.7 Å². The van der Waals surface area contributed by atoms with E-state index in [-0.39, 0.29) is 55.2 Å². The summed E-state index contributed by atoms with van der Waals surface area (Å²) in [6, 6.07) is 5.18. The van der Waals surface area contributed by atoms with Gasteiger partial charge in [0.25, 0.3) is 0 Å². The number of halogens is 1. The van der Waals surface area contributed by atoms with Gasteiger partial charge >= 0.3 is 0 Å². The van der Waals surface area contributed by atoms with Crippen molar-refractivity contribution in [2.24, 2.45) is 23.7 Å². The summed E-state index contributed by atoms with van der Waals surface area (Å²) >= 11 is 0. The number of aliphatic hydroxyl groups is 3. The number of likely N-dealkylation sites (N-methyl/N-ethyl adjacent to an activating group) is 2. The Hall–Kier alpha value is -2.23. The molecule has 5 fully saturated rings. The molecule has 310 valence electrons. The SMILES string of the molecule is CO[C@]1(C)C[C@H](O[C@H]2C3[C@H]4CC(c5ccc(F)cc5)(CCN4C(=O)[C@@H]2C)C(=O)N(C)C[C@H](C)C[C@@](C)(O)[C@@H]3O[C@@H]2O[C@H](C)C[C@H](N(C)C)[C@H]2O)C[C@@H](C)[C@@H]1O. The third-order valence-electron chi connectivity index (χ3n) is 14.0. The molecule has 12 nitrogen and oxygen atoms in total. The van der Waals surface area contributed by atoms with Crippen molar-refractivity contribution in [3.05, 3.63) is 35.6 Å². The van der Waals surface area contributed by atoms with Gasteiger partial charge < -0.3 is 49.0 Å². The standard InChI is InChI=1S/C42H66FN3O9/c1-23-19-40(5,51)36(55-38-33(47)30(44(7)8)18-25(3)53-38)32-31-21-42(39(50)45(9)22-23,27-11-13-28(43)14-12-27)15-16-46(31)37(49)26(4)34(32)54-29-17-24(2)35(48)41(6,20-29)52-10/h11-14,23-26,29-36,38,47-48,51H,15-22H2,1-10H3/t23-,24-,25-,26-,29-,30+,31-,32?,33-,34-,35+,36-,38+,40-,41-,42?/m1/s1. The highest BCUT2D eigenvalue weighted by molar-refractivity contribution is 5.89. The van der Waals surface area contributed by atoms with Crippen LogP contribution in [0, 0.1) is 29.5 Å². The van der Waals surface area contributed by atoms with E-state index in [2.05, 4.69) is 0 Å². The molecule has 1 aromatic carbocycles. The second-order valence-corrected chi connectivity index (χ2v) is 18.6. The summed E-state index contributed by atoms with van der Waals surface area (Å²) in [6.45, 7) is 12.0. The van der Waals surface area contributed by atoms with Crippen LogP contribution in [0.2, 0.25) is 0 Å². The second-order valence-electron chi connectivity index (χ2n) is 18.6. The number of aliphatic hydroxyl groups excluding tert-OH is 2. The zero-order valence-electron chi connectivity index (χ0n) is 34.5. The molecule has 3 N–H and O–H groups in total. The van der Waals surface area contributed by atoms with E-state index in [9.17, 15) is 29.3 Å². The van der Waals surface area contributed by atoms with Gasteiger partial charge in [0, 0.05) is 51.7 Å². The van der Waals surface area contributed by atoms with Crippen LogP contribution < -0.4 is 0 Å². The number of fused-ring (bicyclic) bond motifs is 1. The molecule has 16 atom stereocenters. The minimum absolute atomic E-state index is 0.116. The predicted octanol–water partition coefficient (Wildman–Crippen LogP) is 3.33. The Bertz CT molecular complexity index is 1530. The van der Waals surface area contributed by atoms with Gasteiger partial charge in [0.1, 0.15) is 11.9 Å². The maximum Gasteiger partial charge on any atom is 0.233 e. The Morgan fingerprint density at radius 1 is 0.982 bits per heavy atom. The Kier molecular flexibility index (Phi) is 12.2. The fourth-order valence-electron chi connectivity index (χ4n) is 11.1. The van der Waals surface area contributed by atoms with Gasteiger partial charge in [-0.15, -0.1) is 0 Å². The Morgan fingerprint density at radius 2 is 1.65 bits per heavy atom. The number of methoxy groups -OCH3 is 1. The second kappa shape index (κ2) is 15.8. The maximum absolute atomic E-state index is 14.9. The zero-order valence-corrected chi connectivity index (χ0v) is 34.5. The molecule has 13 heteroatoms.